The fourth-order valence-electron chi connectivity index (χ4n) is 0.819. The Labute approximate surface area is 81.3 Å². The van der Waals surface area contributed by atoms with E-state index in [4.69, 9.17) is 5.11 Å². The Morgan fingerprint density at radius 1 is 1.31 bits per heavy atom. The summed E-state index contributed by atoms with van der Waals surface area (Å²) in [6.45, 7) is 0.624. The average molecular weight is 254 g/mol. The number of aliphatic hydroxyl groups is 1. The first-order chi connectivity index (χ1) is 5.95. The molecule has 0 aromatic heterocycles. The van der Waals surface area contributed by atoms with Gasteiger partial charge in [0.05, 0.1) is 5.56 Å². The summed E-state index contributed by atoms with van der Waals surface area (Å²) in [7, 11) is 0. The summed E-state index contributed by atoms with van der Waals surface area (Å²) < 4.78 is 36.8. The summed E-state index contributed by atoms with van der Waals surface area (Å²) in [5.41, 5.74) is -0.675. The maximum Gasteiger partial charge on any atom is 0.416 e. The second-order valence-electron chi connectivity index (χ2n) is 2.36. The standard InChI is InChI=1S/C8H5BrF3O/c9-7-2-1-6(8(10,11)12)3-5(7)4-13/h1-4,13H. The number of halogens is 4. The minimum absolute atomic E-state index is 0.106. The highest BCUT2D eigenvalue weighted by atomic mass is 79.9. The van der Waals surface area contributed by atoms with Crippen LogP contribution >= 0.6 is 15.9 Å². The fourth-order valence-corrected chi connectivity index (χ4v) is 1.17. The third kappa shape index (κ3) is 2.45. The maximum absolute atomic E-state index is 12.1. The van der Waals surface area contributed by atoms with Gasteiger partial charge in [0.2, 0.25) is 0 Å². The van der Waals surface area contributed by atoms with E-state index < -0.39 is 11.7 Å². The predicted molar refractivity (Wildman–Crippen MR) is 44.5 cm³/mol. The van der Waals surface area contributed by atoms with Gasteiger partial charge in [-0.15, -0.1) is 0 Å². The second-order valence-corrected chi connectivity index (χ2v) is 3.22. The zero-order valence-electron chi connectivity index (χ0n) is 6.27. The molecule has 1 aromatic rings. The molecule has 0 saturated carbocycles. The van der Waals surface area contributed by atoms with Crippen LogP contribution in [-0.2, 0) is 6.18 Å². The minimum atomic E-state index is -4.38. The molecule has 5 heteroatoms. The van der Waals surface area contributed by atoms with Crippen molar-refractivity contribution in [3.05, 3.63) is 40.4 Å². The summed E-state index contributed by atoms with van der Waals surface area (Å²) in [6.07, 6.45) is -4.38. The Balaban J connectivity index is 3.14. The van der Waals surface area contributed by atoms with Crippen LogP contribution < -0.4 is 0 Å². The molecule has 0 bridgehead atoms. The highest BCUT2D eigenvalue weighted by Gasteiger charge is 2.30. The fraction of sp³-hybridized carbons (Fsp3) is 0.125. The minimum Gasteiger partial charge on any atom is -0.385 e. The van der Waals surface area contributed by atoms with Crippen molar-refractivity contribution in [2.45, 2.75) is 6.18 Å². The van der Waals surface area contributed by atoms with Gasteiger partial charge < -0.3 is 5.11 Å². The molecule has 0 aliphatic carbocycles. The highest BCUT2D eigenvalue weighted by Crippen LogP contribution is 2.31. The van der Waals surface area contributed by atoms with Crippen LogP contribution in [0.4, 0.5) is 13.2 Å². The molecule has 0 aliphatic rings. The van der Waals surface area contributed by atoms with Gasteiger partial charge in [0.15, 0.2) is 0 Å². The Morgan fingerprint density at radius 2 is 1.92 bits per heavy atom. The van der Waals surface area contributed by atoms with Gasteiger partial charge in [-0.3, -0.25) is 0 Å². The van der Waals surface area contributed by atoms with E-state index in [0.29, 0.717) is 11.1 Å². The van der Waals surface area contributed by atoms with E-state index in [1.807, 2.05) is 0 Å². The number of hydrogen-bond donors (Lipinski definition) is 1. The lowest BCUT2D eigenvalue weighted by atomic mass is 10.1. The van der Waals surface area contributed by atoms with Crippen LogP contribution in [0, 0.1) is 6.61 Å². The van der Waals surface area contributed by atoms with E-state index in [2.05, 4.69) is 15.9 Å². The summed E-state index contributed by atoms with van der Waals surface area (Å²) in [5.74, 6) is 0. The molecule has 71 valence electrons. The van der Waals surface area contributed by atoms with Crippen LogP contribution in [-0.4, -0.2) is 5.11 Å². The number of hydrogen-bond acceptors (Lipinski definition) is 1. The van der Waals surface area contributed by atoms with E-state index in [-0.39, 0.29) is 5.56 Å². The van der Waals surface area contributed by atoms with Crippen molar-refractivity contribution in [3.8, 4) is 0 Å². The van der Waals surface area contributed by atoms with Crippen molar-refractivity contribution in [3.63, 3.8) is 0 Å². The van der Waals surface area contributed by atoms with Crippen LogP contribution in [0.25, 0.3) is 0 Å². The van der Waals surface area contributed by atoms with Gasteiger partial charge >= 0.3 is 6.18 Å². The lowest BCUT2D eigenvalue weighted by Gasteiger charge is -2.08. The molecule has 0 atom stereocenters. The third-order valence-electron chi connectivity index (χ3n) is 1.46. The van der Waals surface area contributed by atoms with Gasteiger partial charge in [-0.25, -0.2) is 0 Å². The first kappa shape index (κ1) is 10.5. The van der Waals surface area contributed by atoms with Gasteiger partial charge in [0, 0.05) is 4.47 Å². The number of alkyl halides is 3. The zero-order valence-corrected chi connectivity index (χ0v) is 7.85. The molecule has 0 unspecified atom stereocenters. The van der Waals surface area contributed by atoms with Crippen molar-refractivity contribution in [2.24, 2.45) is 0 Å². The van der Waals surface area contributed by atoms with Crippen LogP contribution in [0.5, 0.6) is 0 Å². The smallest absolute Gasteiger partial charge is 0.385 e. The average Bonchev–Trinajstić information content (AvgIpc) is 2.03. The first-order valence-corrected chi connectivity index (χ1v) is 4.08. The molecule has 1 N–H and O–H groups in total. The monoisotopic (exact) mass is 253 g/mol. The van der Waals surface area contributed by atoms with E-state index in [1.54, 1.807) is 0 Å². The maximum atomic E-state index is 12.1. The van der Waals surface area contributed by atoms with Crippen LogP contribution in [0.15, 0.2) is 22.7 Å². The van der Waals surface area contributed by atoms with Gasteiger partial charge in [0.25, 0.3) is 0 Å². The molecule has 1 radical (unpaired) electrons. The molecule has 0 heterocycles. The zero-order chi connectivity index (χ0) is 10.1. The molecule has 0 aliphatic heterocycles. The largest absolute Gasteiger partial charge is 0.416 e. The molecule has 1 rings (SSSR count). The molecule has 13 heavy (non-hydrogen) atoms. The van der Waals surface area contributed by atoms with E-state index in [0.717, 1.165) is 12.1 Å². The number of rotatable bonds is 1. The van der Waals surface area contributed by atoms with E-state index in [1.165, 1.54) is 6.07 Å². The quantitative estimate of drug-likeness (QED) is 0.814. The van der Waals surface area contributed by atoms with Gasteiger partial charge in [0.1, 0.15) is 6.61 Å². The number of benzene rings is 1. The Morgan fingerprint density at radius 3 is 2.38 bits per heavy atom. The SMILES string of the molecule is O[CH]c1cc(C(F)(F)F)ccc1Br. The van der Waals surface area contributed by atoms with Crippen molar-refractivity contribution >= 4 is 15.9 Å². The van der Waals surface area contributed by atoms with Crippen molar-refractivity contribution < 1.29 is 18.3 Å². The normalized spacial score (nSPS) is 11.8. The van der Waals surface area contributed by atoms with Crippen LogP contribution in [0.3, 0.4) is 0 Å². The molecule has 0 spiro atoms. The first-order valence-electron chi connectivity index (χ1n) is 3.29. The molecule has 0 fully saturated rings. The van der Waals surface area contributed by atoms with Gasteiger partial charge in [-0.2, -0.15) is 13.2 Å². The predicted octanol–water partition coefficient (Wildman–Crippen LogP) is 3.35. The van der Waals surface area contributed by atoms with E-state index in [9.17, 15) is 13.2 Å². The molecule has 1 nitrogen and oxygen atoms in total. The highest BCUT2D eigenvalue weighted by molar-refractivity contribution is 9.10. The molecule has 1 aromatic carbocycles. The second kappa shape index (κ2) is 3.67. The summed E-state index contributed by atoms with van der Waals surface area (Å²) in [4.78, 5) is 0. The Bertz CT molecular complexity index is 309. The lowest BCUT2D eigenvalue weighted by molar-refractivity contribution is -0.137. The van der Waals surface area contributed by atoms with Crippen LogP contribution in [0.1, 0.15) is 11.1 Å². The van der Waals surface area contributed by atoms with Gasteiger partial charge in [-0.1, -0.05) is 15.9 Å². The summed E-state index contributed by atoms with van der Waals surface area (Å²) in [6, 6.07) is 3.05. The summed E-state index contributed by atoms with van der Waals surface area (Å²) >= 11 is 3.00. The molecular formula is C8H5BrF3O. The van der Waals surface area contributed by atoms with Crippen molar-refractivity contribution in [1.82, 2.24) is 0 Å². The topological polar surface area (TPSA) is 20.2 Å². The third-order valence-corrected chi connectivity index (χ3v) is 2.18. The van der Waals surface area contributed by atoms with Crippen LogP contribution in [0.2, 0.25) is 0 Å². The van der Waals surface area contributed by atoms with Crippen molar-refractivity contribution in [1.29, 1.82) is 0 Å². The molecule has 0 saturated heterocycles. The van der Waals surface area contributed by atoms with Gasteiger partial charge in [-0.05, 0) is 23.8 Å². The summed E-state index contributed by atoms with van der Waals surface area (Å²) in [5, 5.41) is 8.59. The van der Waals surface area contributed by atoms with E-state index >= 15 is 0 Å². The molecule has 0 amide bonds. The number of aliphatic hydroxyl groups excluding tert-OH is 1. The molecular weight excluding hydrogens is 249 g/mol. The Hall–Kier alpha value is -0.550. The lowest BCUT2D eigenvalue weighted by Crippen LogP contribution is -2.05. The van der Waals surface area contributed by atoms with Crippen molar-refractivity contribution in [2.75, 3.05) is 0 Å². The Kier molecular flexibility index (Phi) is 2.98.